The first kappa shape index (κ1) is 14.1. The number of likely N-dealkylation sites (N-methyl/N-ethyl adjacent to an activating group) is 1. The zero-order valence-corrected chi connectivity index (χ0v) is 9.98. The molecule has 0 fully saturated rings. The maximum absolute atomic E-state index is 13.3. The number of hydrogen-bond donors (Lipinski definition) is 1. The van der Waals surface area contributed by atoms with Gasteiger partial charge in [0.25, 0.3) is 0 Å². The van der Waals surface area contributed by atoms with E-state index in [1.165, 1.54) is 20.0 Å². The Hall–Kier alpha value is -1.98. The van der Waals surface area contributed by atoms with E-state index in [-0.39, 0.29) is 5.56 Å². The molecule has 18 heavy (non-hydrogen) atoms. The van der Waals surface area contributed by atoms with Gasteiger partial charge in [-0.1, -0.05) is 6.07 Å². The van der Waals surface area contributed by atoms with Gasteiger partial charge in [-0.05, 0) is 19.1 Å². The van der Waals surface area contributed by atoms with Crippen LogP contribution in [-0.2, 0) is 16.0 Å². The second-order valence-electron chi connectivity index (χ2n) is 3.90. The van der Waals surface area contributed by atoms with Crippen molar-refractivity contribution in [3.05, 3.63) is 35.4 Å². The summed E-state index contributed by atoms with van der Waals surface area (Å²) in [6.45, 7) is 1.32. The van der Waals surface area contributed by atoms with E-state index in [0.717, 1.165) is 17.0 Å². The number of carbonyl (C=O) groups is 2. The first-order chi connectivity index (χ1) is 8.34. The van der Waals surface area contributed by atoms with Crippen LogP contribution in [0.3, 0.4) is 0 Å². The van der Waals surface area contributed by atoms with Crippen LogP contribution < -0.4 is 0 Å². The predicted octanol–water partition coefficient (Wildman–Crippen LogP) is 1.44. The normalized spacial score (nSPS) is 12.0. The molecule has 1 unspecified atom stereocenters. The van der Waals surface area contributed by atoms with Crippen LogP contribution in [-0.4, -0.2) is 35.0 Å². The van der Waals surface area contributed by atoms with Crippen molar-refractivity contribution in [2.75, 3.05) is 7.05 Å². The van der Waals surface area contributed by atoms with Gasteiger partial charge in [-0.15, -0.1) is 0 Å². The van der Waals surface area contributed by atoms with Crippen molar-refractivity contribution in [1.29, 1.82) is 0 Å². The van der Waals surface area contributed by atoms with E-state index in [1.54, 1.807) is 0 Å². The number of carboxylic acids is 1. The Labute approximate surface area is 103 Å². The number of halogens is 2. The minimum absolute atomic E-state index is 0.355. The topological polar surface area (TPSA) is 57.6 Å². The molecule has 0 aliphatic carbocycles. The molecule has 1 N–H and O–H groups in total. The van der Waals surface area contributed by atoms with Crippen LogP contribution in [0.1, 0.15) is 12.5 Å². The largest absolute Gasteiger partial charge is 0.480 e. The summed E-state index contributed by atoms with van der Waals surface area (Å²) in [6.07, 6.45) is -0.507. The van der Waals surface area contributed by atoms with Gasteiger partial charge >= 0.3 is 5.97 Å². The minimum atomic E-state index is -1.18. The molecule has 0 saturated carbocycles. The van der Waals surface area contributed by atoms with Gasteiger partial charge < -0.3 is 10.0 Å². The molecule has 0 bridgehead atoms. The van der Waals surface area contributed by atoms with Gasteiger partial charge in [-0.25, -0.2) is 13.6 Å². The van der Waals surface area contributed by atoms with Crippen molar-refractivity contribution in [2.24, 2.45) is 0 Å². The minimum Gasteiger partial charge on any atom is -0.480 e. The molecule has 0 radical (unpaired) electrons. The summed E-state index contributed by atoms with van der Waals surface area (Å²) in [5.74, 6) is -3.48. The molecule has 0 aromatic heterocycles. The molecular formula is C12H13F2NO3. The van der Waals surface area contributed by atoms with Crippen molar-refractivity contribution in [3.8, 4) is 0 Å². The summed E-state index contributed by atoms with van der Waals surface area (Å²) < 4.78 is 26.6. The third kappa shape index (κ3) is 3.03. The molecule has 1 aromatic carbocycles. The van der Waals surface area contributed by atoms with Crippen molar-refractivity contribution in [2.45, 2.75) is 19.4 Å². The lowest BCUT2D eigenvalue weighted by atomic mass is 10.1. The van der Waals surface area contributed by atoms with Crippen molar-refractivity contribution >= 4 is 11.9 Å². The third-order valence-corrected chi connectivity index (χ3v) is 2.72. The Bertz CT molecular complexity index is 456. The van der Waals surface area contributed by atoms with Crippen LogP contribution in [0.25, 0.3) is 0 Å². The SMILES string of the molecule is CC(C(=O)O)N(C)C(=O)Cc1c(F)cccc1F. The van der Waals surface area contributed by atoms with Gasteiger partial charge in [-0.3, -0.25) is 4.79 Å². The Morgan fingerprint density at radius 2 is 1.83 bits per heavy atom. The summed E-state index contributed by atoms with van der Waals surface area (Å²) in [7, 11) is 1.28. The summed E-state index contributed by atoms with van der Waals surface area (Å²) in [6, 6.07) is 2.24. The van der Waals surface area contributed by atoms with Crippen molar-refractivity contribution in [3.63, 3.8) is 0 Å². The lowest BCUT2D eigenvalue weighted by Gasteiger charge is -2.21. The van der Waals surface area contributed by atoms with Crippen LogP contribution in [0.15, 0.2) is 18.2 Å². The Balaban J connectivity index is 2.85. The maximum Gasteiger partial charge on any atom is 0.326 e. The highest BCUT2D eigenvalue weighted by atomic mass is 19.1. The Morgan fingerprint density at radius 1 is 1.33 bits per heavy atom. The van der Waals surface area contributed by atoms with E-state index < -0.39 is 36.0 Å². The molecule has 0 aliphatic rings. The summed E-state index contributed by atoms with van der Waals surface area (Å²) in [5, 5.41) is 8.73. The second-order valence-corrected chi connectivity index (χ2v) is 3.90. The van der Waals surface area contributed by atoms with E-state index in [0.29, 0.717) is 0 Å². The van der Waals surface area contributed by atoms with Crippen LogP contribution in [0.4, 0.5) is 8.78 Å². The number of hydrogen-bond acceptors (Lipinski definition) is 2. The number of rotatable bonds is 4. The van der Waals surface area contributed by atoms with Crippen molar-refractivity contribution in [1.82, 2.24) is 4.90 Å². The number of amides is 1. The molecule has 1 atom stereocenters. The third-order valence-electron chi connectivity index (χ3n) is 2.72. The van der Waals surface area contributed by atoms with Crippen LogP contribution >= 0.6 is 0 Å². The molecular weight excluding hydrogens is 244 g/mol. The number of carbonyl (C=O) groups excluding carboxylic acids is 1. The van der Waals surface area contributed by atoms with Gasteiger partial charge in [0.2, 0.25) is 5.91 Å². The van der Waals surface area contributed by atoms with Crippen LogP contribution in [0.2, 0.25) is 0 Å². The van der Waals surface area contributed by atoms with E-state index in [1.807, 2.05) is 0 Å². The van der Waals surface area contributed by atoms with Crippen LogP contribution in [0, 0.1) is 11.6 Å². The van der Waals surface area contributed by atoms with E-state index >= 15 is 0 Å². The zero-order valence-electron chi connectivity index (χ0n) is 9.98. The molecule has 98 valence electrons. The summed E-state index contributed by atoms with van der Waals surface area (Å²) in [5.41, 5.74) is -0.355. The summed E-state index contributed by atoms with van der Waals surface area (Å²) >= 11 is 0. The highest BCUT2D eigenvalue weighted by Crippen LogP contribution is 2.14. The lowest BCUT2D eigenvalue weighted by molar-refractivity contribution is -0.148. The van der Waals surface area contributed by atoms with Gasteiger partial charge in [0.15, 0.2) is 0 Å². The highest BCUT2D eigenvalue weighted by molar-refractivity contribution is 5.84. The predicted molar refractivity (Wildman–Crippen MR) is 59.9 cm³/mol. The molecule has 0 heterocycles. The molecule has 1 aromatic rings. The fourth-order valence-corrected chi connectivity index (χ4v) is 1.36. The number of aliphatic carboxylic acids is 1. The molecule has 0 saturated heterocycles. The maximum atomic E-state index is 13.3. The number of carboxylic acid groups (broad SMARTS) is 1. The number of benzene rings is 1. The van der Waals surface area contributed by atoms with Gasteiger partial charge in [0.05, 0.1) is 6.42 Å². The molecule has 4 nitrogen and oxygen atoms in total. The van der Waals surface area contributed by atoms with E-state index in [4.69, 9.17) is 5.11 Å². The second kappa shape index (κ2) is 5.57. The zero-order chi connectivity index (χ0) is 13.9. The smallest absolute Gasteiger partial charge is 0.326 e. The fourth-order valence-electron chi connectivity index (χ4n) is 1.36. The average molecular weight is 257 g/mol. The number of nitrogens with zero attached hydrogens (tertiary/aromatic N) is 1. The van der Waals surface area contributed by atoms with Crippen LogP contribution in [0.5, 0.6) is 0 Å². The monoisotopic (exact) mass is 257 g/mol. The quantitative estimate of drug-likeness (QED) is 0.887. The Morgan fingerprint density at radius 3 is 2.28 bits per heavy atom. The molecule has 6 heteroatoms. The van der Waals surface area contributed by atoms with Crippen molar-refractivity contribution < 1.29 is 23.5 Å². The van der Waals surface area contributed by atoms with E-state index in [2.05, 4.69) is 0 Å². The van der Waals surface area contributed by atoms with Gasteiger partial charge in [0, 0.05) is 12.6 Å². The first-order valence-corrected chi connectivity index (χ1v) is 5.26. The fraction of sp³-hybridized carbons (Fsp3) is 0.333. The lowest BCUT2D eigenvalue weighted by Crippen LogP contribution is -2.41. The highest BCUT2D eigenvalue weighted by Gasteiger charge is 2.23. The van der Waals surface area contributed by atoms with Gasteiger partial charge in [-0.2, -0.15) is 0 Å². The first-order valence-electron chi connectivity index (χ1n) is 5.26. The summed E-state index contributed by atoms with van der Waals surface area (Å²) in [4.78, 5) is 23.3. The molecule has 1 amide bonds. The molecule has 0 spiro atoms. The molecule has 1 rings (SSSR count). The average Bonchev–Trinajstić information content (AvgIpc) is 2.31. The standard InChI is InChI=1S/C12H13F2NO3/c1-7(12(17)18)15(2)11(16)6-8-9(13)4-3-5-10(8)14/h3-5,7H,6H2,1-2H3,(H,17,18). The van der Waals surface area contributed by atoms with E-state index in [9.17, 15) is 18.4 Å². The molecule has 0 aliphatic heterocycles. The van der Waals surface area contributed by atoms with Gasteiger partial charge in [0.1, 0.15) is 17.7 Å². The Kier molecular flexibility index (Phi) is 4.36.